The van der Waals surface area contributed by atoms with Crippen LogP contribution in [0.3, 0.4) is 0 Å². The summed E-state index contributed by atoms with van der Waals surface area (Å²) in [7, 11) is -3.59. The molecule has 1 rings (SSSR count). The number of hydrogen-bond donors (Lipinski definition) is 1. The Hall–Kier alpha value is -0.870. The largest absolute Gasteiger partial charge is 0.238 e. The molecule has 0 aromatic heterocycles. The molecule has 1 aromatic carbocycles. The van der Waals surface area contributed by atoms with Crippen molar-refractivity contribution in [3.63, 3.8) is 0 Å². The van der Waals surface area contributed by atoms with Gasteiger partial charge in [-0.2, -0.15) is 0 Å². The summed E-state index contributed by atoms with van der Waals surface area (Å²) in [6.45, 7) is 8.85. The lowest BCUT2D eigenvalue weighted by Crippen LogP contribution is -2.18. The van der Waals surface area contributed by atoms with Crippen molar-refractivity contribution < 1.29 is 8.42 Å². The van der Waals surface area contributed by atoms with Crippen molar-refractivity contribution >= 4 is 10.0 Å². The summed E-state index contributed by atoms with van der Waals surface area (Å²) in [5.41, 5.74) is 1.22. The van der Waals surface area contributed by atoms with Gasteiger partial charge in [-0.15, -0.1) is 0 Å². The van der Waals surface area contributed by atoms with Crippen molar-refractivity contribution in [2.24, 2.45) is 11.1 Å². The van der Waals surface area contributed by atoms with Gasteiger partial charge in [0, 0.05) is 0 Å². The zero-order valence-corrected chi connectivity index (χ0v) is 13.1. The van der Waals surface area contributed by atoms with E-state index in [4.69, 9.17) is 5.14 Å². The van der Waals surface area contributed by atoms with Gasteiger partial charge in [0.15, 0.2) is 0 Å². The Morgan fingerprint density at radius 1 is 1.16 bits per heavy atom. The molecule has 0 aliphatic carbocycles. The molecular formula is C15H25NO2S. The molecule has 0 saturated carbocycles. The van der Waals surface area contributed by atoms with E-state index in [1.165, 1.54) is 12.8 Å². The predicted molar refractivity (Wildman–Crippen MR) is 79.5 cm³/mol. The van der Waals surface area contributed by atoms with Gasteiger partial charge in [0.1, 0.15) is 0 Å². The minimum absolute atomic E-state index is 0.0613. The van der Waals surface area contributed by atoms with Crippen molar-refractivity contribution in [1.29, 1.82) is 0 Å². The standard InChI is InChI=1S/C15H25NO2S/c1-12(2)6-5-11-15(3,4)13-7-9-14(10-8-13)19(16,17)18/h7-10,12H,5-6,11H2,1-4H3,(H2,16,17,18). The molecule has 0 fully saturated rings. The summed E-state index contributed by atoms with van der Waals surface area (Å²) in [6.07, 6.45) is 3.50. The molecule has 0 heterocycles. The highest BCUT2D eigenvalue weighted by Crippen LogP contribution is 2.30. The second-order valence-electron chi connectivity index (χ2n) is 6.24. The minimum Gasteiger partial charge on any atom is -0.225 e. The quantitative estimate of drug-likeness (QED) is 0.869. The molecule has 0 saturated heterocycles. The number of nitrogens with two attached hydrogens (primary N) is 1. The fourth-order valence-electron chi connectivity index (χ4n) is 2.19. The lowest BCUT2D eigenvalue weighted by Gasteiger charge is -2.26. The van der Waals surface area contributed by atoms with Crippen molar-refractivity contribution in [2.75, 3.05) is 0 Å². The Labute approximate surface area is 117 Å². The molecule has 0 unspecified atom stereocenters. The van der Waals surface area contributed by atoms with E-state index < -0.39 is 10.0 Å². The topological polar surface area (TPSA) is 60.2 Å². The Kier molecular flexibility index (Phi) is 5.16. The molecule has 0 amide bonds. The van der Waals surface area contributed by atoms with Crippen LogP contribution >= 0.6 is 0 Å². The van der Waals surface area contributed by atoms with Crippen LogP contribution in [-0.2, 0) is 15.4 Å². The molecule has 19 heavy (non-hydrogen) atoms. The summed E-state index contributed by atoms with van der Waals surface area (Å²) < 4.78 is 22.4. The minimum atomic E-state index is -3.59. The molecule has 2 N–H and O–H groups in total. The summed E-state index contributed by atoms with van der Waals surface area (Å²) in [4.78, 5) is 0.175. The first-order chi connectivity index (χ1) is 8.63. The van der Waals surface area contributed by atoms with Crippen LogP contribution < -0.4 is 5.14 Å². The molecule has 0 aliphatic rings. The van der Waals surface area contributed by atoms with Crippen LogP contribution in [0.2, 0.25) is 0 Å². The van der Waals surface area contributed by atoms with Gasteiger partial charge in [-0.25, -0.2) is 13.6 Å². The van der Waals surface area contributed by atoms with Gasteiger partial charge in [0.25, 0.3) is 0 Å². The fraction of sp³-hybridized carbons (Fsp3) is 0.600. The van der Waals surface area contributed by atoms with Crippen LogP contribution in [0.1, 0.15) is 52.5 Å². The molecular weight excluding hydrogens is 258 g/mol. The van der Waals surface area contributed by atoms with Gasteiger partial charge >= 0.3 is 0 Å². The molecule has 108 valence electrons. The predicted octanol–water partition coefficient (Wildman–Crippen LogP) is 3.44. The van der Waals surface area contributed by atoms with Crippen LogP contribution in [0.4, 0.5) is 0 Å². The highest BCUT2D eigenvalue weighted by Gasteiger charge is 2.20. The highest BCUT2D eigenvalue weighted by atomic mass is 32.2. The number of sulfonamides is 1. The first-order valence-electron chi connectivity index (χ1n) is 6.76. The summed E-state index contributed by atoms with van der Waals surface area (Å²) in [5.74, 6) is 0.723. The van der Waals surface area contributed by atoms with Crippen LogP contribution in [0.5, 0.6) is 0 Å². The van der Waals surface area contributed by atoms with Gasteiger partial charge in [0.2, 0.25) is 10.0 Å². The first kappa shape index (κ1) is 16.2. The van der Waals surface area contributed by atoms with Crippen LogP contribution in [-0.4, -0.2) is 8.42 Å². The average Bonchev–Trinajstić information content (AvgIpc) is 2.27. The van der Waals surface area contributed by atoms with Gasteiger partial charge in [-0.3, -0.25) is 0 Å². The zero-order valence-electron chi connectivity index (χ0n) is 12.3. The fourth-order valence-corrected chi connectivity index (χ4v) is 2.71. The first-order valence-corrected chi connectivity index (χ1v) is 8.31. The molecule has 3 nitrogen and oxygen atoms in total. The van der Waals surface area contributed by atoms with Crippen molar-refractivity contribution in [2.45, 2.75) is 57.3 Å². The Balaban J connectivity index is 2.79. The molecule has 0 atom stereocenters. The zero-order chi connectivity index (χ0) is 14.7. The van der Waals surface area contributed by atoms with E-state index in [0.717, 1.165) is 17.9 Å². The lowest BCUT2D eigenvalue weighted by molar-refractivity contribution is 0.424. The van der Waals surface area contributed by atoms with Crippen LogP contribution in [0.15, 0.2) is 29.2 Å². The second kappa shape index (κ2) is 6.06. The maximum Gasteiger partial charge on any atom is 0.238 e. The Morgan fingerprint density at radius 2 is 1.68 bits per heavy atom. The molecule has 0 bridgehead atoms. The summed E-state index contributed by atoms with van der Waals surface area (Å²) in [5, 5.41) is 5.10. The van der Waals surface area contributed by atoms with E-state index in [0.29, 0.717) is 0 Å². The average molecular weight is 283 g/mol. The van der Waals surface area contributed by atoms with E-state index in [9.17, 15) is 8.42 Å². The van der Waals surface area contributed by atoms with Gasteiger partial charge < -0.3 is 0 Å². The third-order valence-electron chi connectivity index (χ3n) is 3.55. The molecule has 0 spiro atoms. The van der Waals surface area contributed by atoms with Crippen molar-refractivity contribution in [3.05, 3.63) is 29.8 Å². The smallest absolute Gasteiger partial charge is 0.225 e. The number of hydrogen-bond acceptors (Lipinski definition) is 2. The number of benzene rings is 1. The van der Waals surface area contributed by atoms with E-state index in [1.54, 1.807) is 12.1 Å². The lowest BCUT2D eigenvalue weighted by atomic mass is 9.79. The SMILES string of the molecule is CC(C)CCCC(C)(C)c1ccc(S(N)(=O)=O)cc1. The normalized spacial score (nSPS) is 12.9. The van der Waals surface area contributed by atoms with Crippen molar-refractivity contribution in [1.82, 2.24) is 0 Å². The number of primary sulfonamides is 1. The van der Waals surface area contributed by atoms with E-state index in [2.05, 4.69) is 27.7 Å². The van der Waals surface area contributed by atoms with E-state index >= 15 is 0 Å². The Morgan fingerprint density at radius 3 is 2.11 bits per heavy atom. The van der Waals surface area contributed by atoms with Gasteiger partial charge in [-0.05, 0) is 35.4 Å². The summed E-state index contributed by atoms with van der Waals surface area (Å²) >= 11 is 0. The molecule has 0 radical (unpaired) electrons. The van der Waals surface area contributed by atoms with Crippen LogP contribution in [0, 0.1) is 5.92 Å². The molecule has 4 heteroatoms. The van der Waals surface area contributed by atoms with Gasteiger partial charge in [0.05, 0.1) is 4.90 Å². The number of rotatable bonds is 6. The molecule has 1 aromatic rings. The third kappa shape index (κ3) is 4.96. The highest BCUT2D eigenvalue weighted by molar-refractivity contribution is 7.89. The monoisotopic (exact) mass is 283 g/mol. The summed E-state index contributed by atoms with van der Waals surface area (Å²) in [6, 6.07) is 6.92. The third-order valence-corrected chi connectivity index (χ3v) is 4.48. The van der Waals surface area contributed by atoms with Crippen LogP contribution in [0.25, 0.3) is 0 Å². The van der Waals surface area contributed by atoms with Crippen molar-refractivity contribution in [3.8, 4) is 0 Å². The molecule has 0 aliphatic heterocycles. The van der Waals surface area contributed by atoms with E-state index in [-0.39, 0.29) is 10.3 Å². The van der Waals surface area contributed by atoms with Gasteiger partial charge in [-0.1, -0.05) is 52.7 Å². The van der Waals surface area contributed by atoms with E-state index in [1.807, 2.05) is 12.1 Å². The second-order valence-corrected chi connectivity index (χ2v) is 7.80. The maximum atomic E-state index is 11.2. The maximum absolute atomic E-state index is 11.2. The Bertz CT molecular complexity index is 501.